The normalized spacial score (nSPS) is 11.4. The molecular formula is C13H9Br2Cl. The number of hydrogen-bond acceptors (Lipinski definition) is 0. The van der Waals surface area contributed by atoms with Gasteiger partial charge in [0.15, 0.2) is 0 Å². The Labute approximate surface area is 117 Å². The second kappa shape index (κ2) is 4.91. The molecule has 0 aliphatic carbocycles. The summed E-state index contributed by atoms with van der Waals surface area (Å²) >= 11 is 13.3. The van der Waals surface area contributed by atoms with E-state index in [9.17, 15) is 0 Å². The standard InChI is InChI=1S/C13H9Br2Cl/c14-13(15,10-4-2-1-3-5-10)11-6-8-12(16)9-7-11/h1-9H. The minimum atomic E-state index is -0.355. The Balaban J connectivity index is 2.43. The van der Waals surface area contributed by atoms with Crippen molar-refractivity contribution in [3.8, 4) is 0 Å². The van der Waals surface area contributed by atoms with E-state index in [-0.39, 0.29) is 3.23 Å². The first-order valence-corrected chi connectivity index (χ1v) is 6.76. The molecule has 0 saturated heterocycles. The third-order valence-corrected chi connectivity index (χ3v) is 4.43. The fraction of sp³-hybridized carbons (Fsp3) is 0.0769. The molecule has 0 N–H and O–H groups in total. The molecular weight excluding hydrogens is 351 g/mol. The number of benzene rings is 2. The summed E-state index contributed by atoms with van der Waals surface area (Å²) in [6.45, 7) is 0. The molecule has 0 aromatic heterocycles. The third-order valence-electron chi connectivity index (χ3n) is 2.34. The highest BCUT2D eigenvalue weighted by molar-refractivity contribution is 9.25. The summed E-state index contributed by atoms with van der Waals surface area (Å²) in [5.41, 5.74) is 2.26. The second-order valence-corrected chi connectivity index (χ2v) is 7.33. The smallest absolute Gasteiger partial charge is 0.0843 e. The minimum Gasteiger partial charge on any atom is -0.0843 e. The lowest BCUT2D eigenvalue weighted by atomic mass is 10.1. The second-order valence-electron chi connectivity index (χ2n) is 3.45. The molecule has 0 unspecified atom stereocenters. The largest absolute Gasteiger partial charge is 0.130 e. The maximum absolute atomic E-state index is 5.88. The van der Waals surface area contributed by atoms with Crippen LogP contribution in [0.1, 0.15) is 11.1 Å². The van der Waals surface area contributed by atoms with Gasteiger partial charge in [0.1, 0.15) is 3.23 Å². The van der Waals surface area contributed by atoms with Crippen molar-refractivity contribution in [1.82, 2.24) is 0 Å². The summed E-state index contributed by atoms with van der Waals surface area (Å²) in [4.78, 5) is 0. The Hall–Kier alpha value is -0.310. The van der Waals surface area contributed by atoms with Crippen LogP contribution >= 0.6 is 43.5 Å². The number of hydrogen-bond donors (Lipinski definition) is 0. The molecule has 0 amide bonds. The van der Waals surface area contributed by atoms with E-state index in [1.54, 1.807) is 0 Å². The van der Waals surface area contributed by atoms with Crippen molar-refractivity contribution in [1.29, 1.82) is 0 Å². The monoisotopic (exact) mass is 358 g/mol. The maximum Gasteiger partial charge on any atom is 0.130 e. The summed E-state index contributed by atoms with van der Waals surface area (Å²) in [5, 5.41) is 0.743. The van der Waals surface area contributed by atoms with Gasteiger partial charge in [0.2, 0.25) is 0 Å². The lowest BCUT2D eigenvalue weighted by Crippen LogP contribution is -2.10. The summed E-state index contributed by atoms with van der Waals surface area (Å²) in [6.07, 6.45) is 0. The summed E-state index contributed by atoms with van der Waals surface area (Å²) in [6, 6.07) is 17.9. The lowest BCUT2D eigenvalue weighted by Gasteiger charge is -2.21. The molecule has 0 spiro atoms. The van der Waals surface area contributed by atoms with Gasteiger partial charge in [0, 0.05) is 5.02 Å². The van der Waals surface area contributed by atoms with Gasteiger partial charge in [0.25, 0.3) is 0 Å². The zero-order valence-electron chi connectivity index (χ0n) is 8.33. The van der Waals surface area contributed by atoms with E-state index in [0.717, 1.165) is 16.1 Å². The van der Waals surface area contributed by atoms with Crippen LogP contribution in [0.5, 0.6) is 0 Å². The predicted molar refractivity (Wildman–Crippen MR) is 76.5 cm³/mol. The quantitative estimate of drug-likeness (QED) is 0.635. The Kier molecular flexibility index (Phi) is 3.73. The Morgan fingerprint density at radius 3 is 1.81 bits per heavy atom. The molecule has 82 valence electrons. The molecule has 2 aromatic rings. The van der Waals surface area contributed by atoms with Gasteiger partial charge in [0.05, 0.1) is 0 Å². The van der Waals surface area contributed by atoms with E-state index in [1.165, 1.54) is 0 Å². The zero-order valence-corrected chi connectivity index (χ0v) is 12.3. The zero-order chi connectivity index (χ0) is 11.6. The van der Waals surface area contributed by atoms with Crippen molar-refractivity contribution in [2.24, 2.45) is 0 Å². The van der Waals surface area contributed by atoms with Crippen LogP contribution in [0, 0.1) is 0 Å². The van der Waals surface area contributed by atoms with Gasteiger partial charge in [-0.05, 0) is 23.3 Å². The van der Waals surface area contributed by atoms with Crippen LogP contribution in [0.2, 0.25) is 5.02 Å². The Morgan fingerprint density at radius 1 is 0.750 bits per heavy atom. The van der Waals surface area contributed by atoms with Crippen LogP contribution in [0.25, 0.3) is 0 Å². The van der Waals surface area contributed by atoms with E-state index < -0.39 is 0 Å². The van der Waals surface area contributed by atoms with E-state index in [0.29, 0.717) is 0 Å². The number of halogens is 3. The van der Waals surface area contributed by atoms with Crippen molar-refractivity contribution >= 4 is 43.5 Å². The van der Waals surface area contributed by atoms with Gasteiger partial charge in [-0.3, -0.25) is 0 Å². The molecule has 0 nitrogen and oxygen atoms in total. The highest BCUT2D eigenvalue weighted by Crippen LogP contribution is 2.44. The summed E-state index contributed by atoms with van der Waals surface area (Å²) in [7, 11) is 0. The van der Waals surface area contributed by atoms with Crippen molar-refractivity contribution in [2.45, 2.75) is 3.23 Å². The molecule has 0 aliphatic rings. The van der Waals surface area contributed by atoms with Gasteiger partial charge < -0.3 is 0 Å². The van der Waals surface area contributed by atoms with E-state index in [4.69, 9.17) is 11.6 Å². The molecule has 2 aromatic carbocycles. The van der Waals surface area contributed by atoms with E-state index in [2.05, 4.69) is 44.0 Å². The molecule has 16 heavy (non-hydrogen) atoms. The van der Waals surface area contributed by atoms with Crippen molar-refractivity contribution in [2.75, 3.05) is 0 Å². The average Bonchev–Trinajstić information content (AvgIpc) is 2.31. The first kappa shape index (κ1) is 12.2. The topological polar surface area (TPSA) is 0 Å². The fourth-order valence-corrected chi connectivity index (χ4v) is 2.66. The molecule has 0 bridgehead atoms. The number of alkyl halides is 2. The minimum absolute atomic E-state index is 0.355. The summed E-state index contributed by atoms with van der Waals surface area (Å²) in [5.74, 6) is 0. The van der Waals surface area contributed by atoms with Gasteiger partial charge >= 0.3 is 0 Å². The molecule has 0 heterocycles. The molecule has 0 fully saturated rings. The van der Waals surface area contributed by atoms with Crippen LogP contribution in [0.4, 0.5) is 0 Å². The molecule has 0 aliphatic heterocycles. The average molecular weight is 360 g/mol. The van der Waals surface area contributed by atoms with E-state index in [1.807, 2.05) is 42.5 Å². The highest BCUT2D eigenvalue weighted by Gasteiger charge is 2.27. The van der Waals surface area contributed by atoms with Crippen LogP contribution < -0.4 is 0 Å². The predicted octanol–water partition coefficient (Wildman–Crippen LogP) is 5.33. The van der Waals surface area contributed by atoms with Crippen LogP contribution in [-0.4, -0.2) is 0 Å². The highest BCUT2D eigenvalue weighted by atomic mass is 79.9. The van der Waals surface area contributed by atoms with Crippen molar-refractivity contribution in [3.05, 3.63) is 70.7 Å². The molecule has 0 radical (unpaired) electrons. The van der Waals surface area contributed by atoms with Gasteiger partial charge in [-0.15, -0.1) is 0 Å². The maximum atomic E-state index is 5.88. The first-order chi connectivity index (χ1) is 7.60. The van der Waals surface area contributed by atoms with Gasteiger partial charge in [-0.2, -0.15) is 0 Å². The van der Waals surface area contributed by atoms with Crippen molar-refractivity contribution < 1.29 is 0 Å². The van der Waals surface area contributed by atoms with E-state index >= 15 is 0 Å². The molecule has 2 rings (SSSR count). The lowest BCUT2D eigenvalue weighted by molar-refractivity contribution is 1.12. The number of rotatable bonds is 2. The Morgan fingerprint density at radius 2 is 1.25 bits per heavy atom. The first-order valence-electron chi connectivity index (χ1n) is 4.80. The van der Waals surface area contributed by atoms with Crippen LogP contribution in [0.3, 0.4) is 0 Å². The van der Waals surface area contributed by atoms with Crippen LogP contribution in [0.15, 0.2) is 54.6 Å². The molecule has 3 heteroatoms. The van der Waals surface area contributed by atoms with Crippen molar-refractivity contribution in [3.63, 3.8) is 0 Å². The summed E-state index contributed by atoms with van der Waals surface area (Å²) < 4.78 is -0.355. The molecule has 0 atom stereocenters. The Bertz CT molecular complexity index is 463. The third kappa shape index (κ3) is 2.50. The van der Waals surface area contributed by atoms with Gasteiger partial charge in [-0.25, -0.2) is 0 Å². The SMILES string of the molecule is Clc1ccc(C(Br)(Br)c2ccccc2)cc1. The van der Waals surface area contributed by atoms with Gasteiger partial charge in [-0.1, -0.05) is 85.9 Å². The molecule has 0 saturated carbocycles. The fourth-order valence-electron chi connectivity index (χ4n) is 1.47. The van der Waals surface area contributed by atoms with Crippen LogP contribution in [-0.2, 0) is 3.23 Å².